The number of benzene rings is 1. The first-order valence-electron chi connectivity index (χ1n) is 4.02. The zero-order valence-electron chi connectivity index (χ0n) is 7.71. The molecule has 0 aliphatic carbocycles. The molecule has 0 aromatic heterocycles. The van der Waals surface area contributed by atoms with Gasteiger partial charge in [-0.15, -0.1) is 25.8 Å². The van der Waals surface area contributed by atoms with Crippen molar-refractivity contribution in [2.75, 3.05) is 5.33 Å². The number of alkyl halides is 4. The Bertz CT molecular complexity index is 406. The Morgan fingerprint density at radius 3 is 2.56 bits per heavy atom. The normalized spacial score (nSPS) is 11.3. The van der Waals surface area contributed by atoms with Gasteiger partial charge in [-0.05, 0) is 12.1 Å². The topological polar surface area (TPSA) is 26.3 Å². The summed E-state index contributed by atoms with van der Waals surface area (Å²) in [6.45, 7) is 0. The molecule has 0 heterocycles. The summed E-state index contributed by atoms with van der Waals surface area (Å²) in [6.07, 6.45) is -4.80. The van der Waals surface area contributed by atoms with Crippen LogP contribution in [-0.4, -0.2) is 17.5 Å². The average Bonchev–Trinajstić information content (AvgIpc) is 2.18. The largest absolute Gasteiger partial charge is 0.573 e. The molecule has 2 nitrogen and oxygen atoms in total. The maximum absolute atomic E-state index is 12.0. The summed E-state index contributed by atoms with van der Waals surface area (Å²) in [5.74, 6) is -0.847. The third-order valence-corrected chi connectivity index (χ3v) is 2.62. The molecule has 0 amide bonds. The van der Waals surface area contributed by atoms with Crippen LogP contribution in [0.4, 0.5) is 13.2 Å². The Hall–Kier alpha value is -0.690. The fourth-order valence-electron chi connectivity index (χ4n) is 1.03. The van der Waals surface area contributed by atoms with Gasteiger partial charge in [0.05, 0.1) is 10.2 Å². The van der Waals surface area contributed by atoms with Crippen LogP contribution in [0.15, 0.2) is 23.1 Å². The van der Waals surface area contributed by atoms with E-state index in [9.17, 15) is 18.0 Å². The summed E-state index contributed by atoms with van der Waals surface area (Å²) >= 11 is 6.78. The van der Waals surface area contributed by atoms with E-state index >= 15 is 0 Å². The third kappa shape index (κ3) is 3.41. The number of carbonyl (C=O) groups is 1. The van der Waals surface area contributed by atoms with Crippen molar-refractivity contribution >= 4 is 34.3 Å². The van der Waals surface area contributed by atoms with Gasteiger partial charge in [-0.1, -0.05) is 22.0 Å². The number of ether oxygens (including phenoxy) is 1. The van der Waals surface area contributed by atoms with Gasteiger partial charge >= 0.3 is 6.36 Å². The monoisotopic (exact) mass is 314 g/mol. The lowest BCUT2D eigenvalue weighted by Gasteiger charge is -2.12. The standard InChI is InChI=1S/C9H6BrF3O2S/c10-4-6(14)5-2-1-3-7(8(5)16)15-9(11,12)13/h1-3,16H,4H2. The van der Waals surface area contributed by atoms with Gasteiger partial charge < -0.3 is 4.74 Å². The molecule has 7 heteroatoms. The molecule has 0 saturated carbocycles. The van der Waals surface area contributed by atoms with Crippen LogP contribution in [0.5, 0.6) is 5.75 Å². The number of thiol groups is 1. The van der Waals surface area contributed by atoms with Crippen LogP contribution in [-0.2, 0) is 0 Å². The van der Waals surface area contributed by atoms with E-state index in [1.54, 1.807) is 0 Å². The molecule has 0 aliphatic rings. The number of hydrogen-bond acceptors (Lipinski definition) is 3. The second-order valence-electron chi connectivity index (χ2n) is 2.76. The second-order valence-corrected chi connectivity index (χ2v) is 3.76. The van der Waals surface area contributed by atoms with Crippen molar-refractivity contribution in [3.63, 3.8) is 0 Å². The van der Waals surface area contributed by atoms with Crippen LogP contribution in [0.3, 0.4) is 0 Å². The molecule has 16 heavy (non-hydrogen) atoms. The van der Waals surface area contributed by atoms with E-state index in [1.165, 1.54) is 12.1 Å². The van der Waals surface area contributed by atoms with E-state index in [0.717, 1.165) is 6.07 Å². The molecule has 0 radical (unpaired) electrons. The minimum atomic E-state index is -4.80. The lowest BCUT2D eigenvalue weighted by atomic mass is 10.1. The van der Waals surface area contributed by atoms with Crippen molar-refractivity contribution in [1.29, 1.82) is 0 Å². The van der Waals surface area contributed by atoms with Gasteiger partial charge in [-0.2, -0.15) is 0 Å². The molecule has 0 N–H and O–H groups in total. The van der Waals surface area contributed by atoms with E-state index in [0.29, 0.717) is 0 Å². The van der Waals surface area contributed by atoms with Gasteiger partial charge in [0.2, 0.25) is 0 Å². The van der Waals surface area contributed by atoms with Crippen molar-refractivity contribution in [2.45, 2.75) is 11.3 Å². The highest BCUT2D eigenvalue weighted by atomic mass is 79.9. The molecule has 1 rings (SSSR count). The molecule has 0 bridgehead atoms. The molecule has 0 saturated heterocycles. The molecular weight excluding hydrogens is 309 g/mol. The van der Waals surface area contributed by atoms with E-state index in [-0.39, 0.29) is 21.6 Å². The predicted octanol–water partition coefficient (Wildman–Crippen LogP) is 3.45. The smallest absolute Gasteiger partial charge is 0.405 e. The molecule has 1 aromatic carbocycles. The molecule has 0 atom stereocenters. The average molecular weight is 315 g/mol. The molecule has 1 aromatic rings. The van der Waals surface area contributed by atoms with Crippen molar-refractivity contribution in [3.05, 3.63) is 23.8 Å². The van der Waals surface area contributed by atoms with Gasteiger partial charge in [0.1, 0.15) is 5.75 Å². The van der Waals surface area contributed by atoms with Crippen LogP contribution >= 0.6 is 28.6 Å². The summed E-state index contributed by atoms with van der Waals surface area (Å²) in [5.41, 5.74) is 0.0851. The zero-order chi connectivity index (χ0) is 12.3. The first kappa shape index (κ1) is 13.4. The molecule has 0 aliphatic heterocycles. The number of carbonyl (C=O) groups excluding carboxylic acids is 1. The predicted molar refractivity (Wildman–Crippen MR) is 58.5 cm³/mol. The SMILES string of the molecule is O=C(CBr)c1cccc(OC(F)(F)F)c1S. The van der Waals surface area contributed by atoms with Crippen molar-refractivity contribution < 1.29 is 22.7 Å². The fraction of sp³-hybridized carbons (Fsp3) is 0.222. The minimum Gasteiger partial charge on any atom is -0.405 e. The molecule has 0 spiro atoms. The van der Waals surface area contributed by atoms with Crippen molar-refractivity contribution in [1.82, 2.24) is 0 Å². The van der Waals surface area contributed by atoms with Crippen LogP contribution in [0, 0.1) is 0 Å². The van der Waals surface area contributed by atoms with Gasteiger partial charge in [0, 0.05) is 5.56 Å². The van der Waals surface area contributed by atoms with Crippen LogP contribution < -0.4 is 4.74 Å². The van der Waals surface area contributed by atoms with Crippen molar-refractivity contribution in [2.24, 2.45) is 0 Å². The van der Waals surface area contributed by atoms with Crippen LogP contribution in [0.2, 0.25) is 0 Å². The number of halogens is 4. The number of rotatable bonds is 3. The summed E-state index contributed by atoms with van der Waals surface area (Å²) in [7, 11) is 0. The summed E-state index contributed by atoms with van der Waals surface area (Å²) in [6, 6.07) is 3.78. The highest BCUT2D eigenvalue weighted by Gasteiger charge is 2.32. The minimum absolute atomic E-state index is 0.00995. The lowest BCUT2D eigenvalue weighted by Crippen LogP contribution is -2.18. The Morgan fingerprint density at radius 1 is 1.44 bits per heavy atom. The van der Waals surface area contributed by atoms with E-state index < -0.39 is 12.1 Å². The number of ketones is 1. The number of hydrogen-bond donors (Lipinski definition) is 1. The summed E-state index contributed by atoms with van der Waals surface area (Å²) in [5, 5.41) is 0.00995. The van der Waals surface area contributed by atoms with E-state index in [4.69, 9.17) is 0 Å². The third-order valence-electron chi connectivity index (χ3n) is 1.65. The quantitative estimate of drug-likeness (QED) is 0.525. The summed E-state index contributed by atoms with van der Waals surface area (Å²) in [4.78, 5) is 11.2. The van der Waals surface area contributed by atoms with Gasteiger partial charge in [-0.25, -0.2) is 0 Å². The zero-order valence-corrected chi connectivity index (χ0v) is 10.2. The molecular formula is C9H6BrF3O2S. The van der Waals surface area contributed by atoms with Crippen LogP contribution in [0.1, 0.15) is 10.4 Å². The van der Waals surface area contributed by atoms with Crippen molar-refractivity contribution in [3.8, 4) is 5.75 Å². The van der Waals surface area contributed by atoms with Crippen LogP contribution in [0.25, 0.3) is 0 Å². The maximum atomic E-state index is 12.0. The Balaban J connectivity index is 3.09. The van der Waals surface area contributed by atoms with Gasteiger partial charge in [-0.3, -0.25) is 4.79 Å². The fourth-order valence-corrected chi connectivity index (χ4v) is 1.65. The highest BCUT2D eigenvalue weighted by molar-refractivity contribution is 9.09. The molecule has 0 fully saturated rings. The Morgan fingerprint density at radius 2 is 2.06 bits per heavy atom. The lowest BCUT2D eigenvalue weighted by molar-refractivity contribution is -0.275. The van der Waals surface area contributed by atoms with Gasteiger partial charge in [0.25, 0.3) is 0 Å². The van der Waals surface area contributed by atoms with E-state index in [1.807, 2.05) is 0 Å². The molecule has 0 unspecified atom stereocenters. The van der Waals surface area contributed by atoms with Gasteiger partial charge in [0.15, 0.2) is 5.78 Å². The second kappa shape index (κ2) is 5.09. The Labute approximate surface area is 103 Å². The first-order valence-corrected chi connectivity index (χ1v) is 5.59. The summed E-state index contributed by atoms with van der Waals surface area (Å²) < 4.78 is 39.7. The number of Topliss-reactive ketones (excluding diaryl/α,β-unsaturated/α-hetero) is 1. The maximum Gasteiger partial charge on any atom is 0.573 e. The highest BCUT2D eigenvalue weighted by Crippen LogP contribution is 2.31. The Kier molecular flexibility index (Phi) is 4.26. The first-order chi connectivity index (χ1) is 7.35. The molecule has 88 valence electrons. The van der Waals surface area contributed by atoms with E-state index in [2.05, 4.69) is 33.3 Å².